The van der Waals surface area contributed by atoms with E-state index in [0.29, 0.717) is 5.92 Å². The first-order valence-corrected chi connectivity index (χ1v) is 4.51. The smallest absolute Gasteiger partial charge is 0.0515 e. The third-order valence-corrected chi connectivity index (χ3v) is 1.86. The molecule has 0 saturated carbocycles. The van der Waals surface area contributed by atoms with Gasteiger partial charge in [0.05, 0.1) is 6.10 Å². The molecule has 0 aromatic rings. The van der Waals surface area contributed by atoms with Crippen molar-refractivity contribution in [1.82, 2.24) is 0 Å². The first-order valence-electron chi connectivity index (χ1n) is 4.51. The van der Waals surface area contributed by atoms with E-state index in [2.05, 4.69) is 26.0 Å². The van der Waals surface area contributed by atoms with Crippen molar-refractivity contribution in [2.75, 3.05) is 0 Å². The maximum absolute atomic E-state index is 8.94. The lowest BCUT2D eigenvalue weighted by atomic mass is 10.1. The molecule has 1 N–H and O–H groups in total. The third-order valence-electron chi connectivity index (χ3n) is 1.86. The van der Waals surface area contributed by atoms with Crippen LogP contribution in [0, 0.1) is 5.92 Å². The van der Waals surface area contributed by atoms with E-state index in [1.807, 2.05) is 6.92 Å². The molecule has 0 fully saturated rings. The average molecular weight is 156 g/mol. The Kier molecular flexibility index (Phi) is 6.24. The molecule has 0 saturated heterocycles. The molecule has 0 amide bonds. The van der Waals surface area contributed by atoms with Crippen LogP contribution in [0.1, 0.15) is 40.0 Å². The fourth-order valence-electron chi connectivity index (χ4n) is 0.802. The van der Waals surface area contributed by atoms with Crippen LogP contribution < -0.4 is 0 Å². The van der Waals surface area contributed by atoms with E-state index >= 15 is 0 Å². The van der Waals surface area contributed by atoms with Crippen LogP contribution in [0.15, 0.2) is 12.2 Å². The van der Waals surface area contributed by atoms with E-state index in [9.17, 15) is 0 Å². The Hall–Kier alpha value is -0.300. The summed E-state index contributed by atoms with van der Waals surface area (Å²) >= 11 is 0. The monoisotopic (exact) mass is 156 g/mol. The van der Waals surface area contributed by atoms with E-state index < -0.39 is 0 Å². The molecular formula is C10H20O. The van der Waals surface area contributed by atoms with Gasteiger partial charge in [-0.3, -0.25) is 0 Å². The van der Waals surface area contributed by atoms with Gasteiger partial charge in [-0.1, -0.05) is 32.4 Å². The zero-order chi connectivity index (χ0) is 8.69. The molecule has 2 atom stereocenters. The summed E-state index contributed by atoms with van der Waals surface area (Å²) < 4.78 is 0. The molecule has 0 aliphatic carbocycles. The summed E-state index contributed by atoms with van der Waals surface area (Å²) in [5.74, 6) is 0.684. The number of aliphatic hydroxyl groups excluding tert-OH is 1. The predicted octanol–water partition coefficient (Wildman–Crippen LogP) is 2.75. The first-order chi connectivity index (χ1) is 5.16. The van der Waals surface area contributed by atoms with E-state index in [1.165, 1.54) is 6.42 Å². The summed E-state index contributed by atoms with van der Waals surface area (Å²) in [6.45, 7) is 6.22. The molecule has 0 aliphatic heterocycles. The molecule has 1 nitrogen and oxygen atoms in total. The van der Waals surface area contributed by atoms with Crippen LogP contribution in [-0.4, -0.2) is 11.2 Å². The molecule has 2 unspecified atom stereocenters. The molecule has 0 aromatic carbocycles. The summed E-state index contributed by atoms with van der Waals surface area (Å²) in [7, 11) is 0. The van der Waals surface area contributed by atoms with Gasteiger partial charge in [0.1, 0.15) is 0 Å². The van der Waals surface area contributed by atoms with Gasteiger partial charge < -0.3 is 5.11 Å². The minimum absolute atomic E-state index is 0.156. The highest BCUT2D eigenvalue weighted by Crippen LogP contribution is 2.04. The third kappa shape index (κ3) is 7.60. The van der Waals surface area contributed by atoms with Gasteiger partial charge >= 0.3 is 0 Å². The zero-order valence-electron chi connectivity index (χ0n) is 7.88. The van der Waals surface area contributed by atoms with Gasteiger partial charge in [0, 0.05) is 0 Å². The van der Waals surface area contributed by atoms with Crippen LogP contribution in [0.25, 0.3) is 0 Å². The maximum atomic E-state index is 8.94. The zero-order valence-corrected chi connectivity index (χ0v) is 7.88. The van der Waals surface area contributed by atoms with Gasteiger partial charge in [-0.15, -0.1) is 0 Å². The first kappa shape index (κ1) is 10.7. The van der Waals surface area contributed by atoms with Crippen LogP contribution in [0.5, 0.6) is 0 Å². The van der Waals surface area contributed by atoms with Crippen molar-refractivity contribution in [3.8, 4) is 0 Å². The number of aliphatic hydroxyl groups is 1. The summed E-state index contributed by atoms with van der Waals surface area (Å²) in [4.78, 5) is 0. The fourth-order valence-corrected chi connectivity index (χ4v) is 0.802. The van der Waals surface area contributed by atoms with Crippen LogP contribution in [0.2, 0.25) is 0 Å². The summed E-state index contributed by atoms with van der Waals surface area (Å²) in [6.07, 6.45) is 7.32. The lowest BCUT2D eigenvalue weighted by Gasteiger charge is -2.01. The Morgan fingerprint density at radius 2 is 2.00 bits per heavy atom. The van der Waals surface area contributed by atoms with Crippen LogP contribution in [-0.2, 0) is 0 Å². The van der Waals surface area contributed by atoms with Crippen molar-refractivity contribution in [2.24, 2.45) is 5.92 Å². The van der Waals surface area contributed by atoms with E-state index in [-0.39, 0.29) is 6.10 Å². The van der Waals surface area contributed by atoms with Crippen molar-refractivity contribution in [3.05, 3.63) is 12.2 Å². The second kappa shape index (κ2) is 6.41. The molecular weight excluding hydrogens is 136 g/mol. The second-order valence-electron chi connectivity index (χ2n) is 3.24. The van der Waals surface area contributed by atoms with Gasteiger partial charge in [0.2, 0.25) is 0 Å². The SMILES string of the molecule is CCC(C)C=CCCC(C)O. The largest absolute Gasteiger partial charge is 0.393 e. The van der Waals surface area contributed by atoms with Crippen LogP contribution in [0.4, 0.5) is 0 Å². The highest BCUT2D eigenvalue weighted by atomic mass is 16.3. The Labute approximate surface area is 70.1 Å². The number of hydrogen-bond donors (Lipinski definition) is 1. The van der Waals surface area contributed by atoms with Crippen LogP contribution >= 0.6 is 0 Å². The van der Waals surface area contributed by atoms with Crippen molar-refractivity contribution >= 4 is 0 Å². The summed E-state index contributed by atoms with van der Waals surface area (Å²) in [6, 6.07) is 0. The van der Waals surface area contributed by atoms with Gasteiger partial charge in [-0.05, 0) is 25.7 Å². The fraction of sp³-hybridized carbons (Fsp3) is 0.800. The quantitative estimate of drug-likeness (QED) is 0.607. The molecule has 1 heteroatoms. The molecule has 0 rings (SSSR count). The number of allylic oxidation sites excluding steroid dienone is 2. The Morgan fingerprint density at radius 3 is 2.45 bits per heavy atom. The van der Waals surface area contributed by atoms with Crippen molar-refractivity contribution in [2.45, 2.75) is 46.1 Å². The minimum atomic E-state index is -0.156. The molecule has 0 spiro atoms. The molecule has 0 aromatic heterocycles. The maximum Gasteiger partial charge on any atom is 0.0515 e. The molecule has 0 bridgehead atoms. The molecule has 0 aliphatic rings. The van der Waals surface area contributed by atoms with Gasteiger partial charge in [0.15, 0.2) is 0 Å². The average Bonchev–Trinajstić information content (AvgIpc) is 1.97. The summed E-state index contributed by atoms with van der Waals surface area (Å²) in [5.41, 5.74) is 0. The van der Waals surface area contributed by atoms with Crippen molar-refractivity contribution < 1.29 is 5.11 Å². The molecule has 0 heterocycles. The molecule has 66 valence electrons. The Balaban J connectivity index is 3.29. The van der Waals surface area contributed by atoms with Gasteiger partial charge in [-0.2, -0.15) is 0 Å². The van der Waals surface area contributed by atoms with E-state index in [4.69, 9.17) is 5.11 Å². The number of hydrogen-bond acceptors (Lipinski definition) is 1. The second-order valence-corrected chi connectivity index (χ2v) is 3.24. The topological polar surface area (TPSA) is 20.2 Å². The highest BCUT2D eigenvalue weighted by molar-refractivity contribution is 4.85. The standard InChI is InChI=1S/C10H20O/c1-4-9(2)7-5-6-8-10(3)11/h5,7,9-11H,4,6,8H2,1-3H3. The lowest BCUT2D eigenvalue weighted by molar-refractivity contribution is 0.186. The number of rotatable bonds is 5. The van der Waals surface area contributed by atoms with Gasteiger partial charge in [0.25, 0.3) is 0 Å². The lowest BCUT2D eigenvalue weighted by Crippen LogP contribution is -1.97. The van der Waals surface area contributed by atoms with Gasteiger partial charge in [-0.25, -0.2) is 0 Å². The van der Waals surface area contributed by atoms with E-state index in [0.717, 1.165) is 12.8 Å². The van der Waals surface area contributed by atoms with E-state index in [1.54, 1.807) is 0 Å². The highest BCUT2D eigenvalue weighted by Gasteiger charge is 1.93. The minimum Gasteiger partial charge on any atom is -0.393 e. The Morgan fingerprint density at radius 1 is 1.36 bits per heavy atom. The summed E-state index contributed by atoms with van der Waals surface area (Å²) in [5, 5.41) is 8.94. The predicted molar refractivity (Wildman–Crippen MR) is 49.5 cm³/mol. The molecule has 0 radical (unpaired) electrons. The molecule has 11 heavy (non-hydrogen) atoms. The van der Waals surface area contributed by atoms with Crippen molar-refractivity contribution in [3.63, 3.8) is 0 Å². The van der Waals surface area contributed by atoms with Crippen LogP contribution in [0.3, 0.4) is 0 Å². The normalized spacial score (nSPS) is 17.1. The Bertz CT molecular complexity index is 105. The van der Waals surface area contributed by atoms with Crippen molar-refractivity contribution in [1.29, 1.82) is 0 Å².